The lowest BCUT2D eigenvalue weighted by atomic mass is 10.1. The summed E-state index contributed by atoms with van der Waals surface area (Å²) in [6.45, 7) is 18.0. The Hall–Kier alpha value is -14.2. The van der Waals surface area contributed by atoms with Crippen molar-refractivity contribution in [2.45, 2.75) is 126 Å². The largest absolute Gasteiger partial charge is 0.495 e. The SMILES string of the molecule is CCn1nc(C)cc1C(=O)Nc1nc2cc(C(N)=O)cc(OCCCN3CCOC(Cc4cc(C(=O)Nc5nc6cc(C(N)=O)cc(OCCCO)n6c5C/C=C/Cn5c6nc(-c7cc(C)nn7CC)ncc6c6cc(C(N)=O)cc(OC)c65)n(CC)n4)C3)n2c1C/C=C/Cn1c2nc(-c3cc(C)nn3CC)ncc2c2cc(C(N)=O)cc(OC)c21. The Bertz CT molecular complexity index is 6480. The fraction of sp³-hybridized carbons (Fsp3) is 0.333. The number of hydrogen-bond acceptors (Lipinski definition) is 23. The maximum atomic E-state index is 14.9. The molecule has 37 heteroatoms. The number of amides is 6. The second kappa shape index (κ2) is 34.8. The van der Waals surface area contributed by atoms with Crippen molar-refractivity contribution in [3.8, 4) is 46.3 Å². The third-order valence-electron chi connectivity index (χ3n) is 21.2. The Morgan fingerprint density at radius 1 is 0.529 bits per heavy atom. The Balaban J connectivity index is 0.669. The number of aromatic nitrogens is 18. The van der Waals surface area contributed by atoms with Gasteiger partial charge in [0.2, 0.25) is 23.6 Å². The summed E-state index contributed by atoms with van der Waals surface area (Å²) in [5.74, 6) is -1.23. The summed E-state index contributed by atoms with van der Waals surface area (Å²) in [6, 6.07) is 20.0. The van der Waals surface area contributed by atoms with Gasteiger partial charge in [-0.1, -0.05) is 24.3 Å². The lowest BCUT2D eigenvalue weighted by Gasteiger charge is -2.32. The molecule has 1 fully saturated rings. The van der Waals surface area contributed by atoms with Crippen molar-refractivity contribution in [3.05, 3.63) is 177 Å². The molecule has 1 aliphatic rings. The van der Waals surface area contributed by atoms with Gasteiger partial charge >= 0.3 is 0 Å². The Labute approximate surface area is 691 Å². The number of methoxy groups -OCH3 is 2. The molecule has 0 saturated carbocycles. The molecule has 11 N–H and O–H groups in total. The van der Waals surface area contributed by atoms with Crippen LogP contribution in [0, 0.1) is 20.8 Å². The number of nitrogens with one attached hydrogen (secondary N) is 2. The molecule has 0 spiro atoms. The second-order valence-electron chi connectivity index (χ2n) is 29.2. The zero-order valence-electron chi connectivity index (χ0n) is 68.4. The molecule has 37 nitrogen and oxygen atoms in total. The van der Waals surface area contributed by atoms with E-state index in [1.165, 1.54) is 26.4 Å². The molecule has 13 heterocycles. The number of rotatable bonds is 35. The first-order valence-corrected chi connectivity index (χ1v) is 39.9. The van der Waals surface area contributed by atoms with E-state index in [0.717, 1.165) is 22.8 Å². The lowest BCUT2D eigenvalue weighted by molar-refractivity contribution is -0.0291. The number of ether oxygens (including phenoxy) is 5. The summed E-state index contributed by atoms with van der Waals surface area (Å²) in [7, 11) is 3.03. The fourth-order valence-electron chi connectivity index (χ4n) is 15.6. The van der Waals surface area contributed by atoms with Crippen LogP contribution in [0.15, 0.2) is 109 Å². The molecule has 1 saturated heterocycles. The summed E-state index contributed by atoms with van der Waals surface area (Å²) in [6.07, 6.45) is 12.3. The van der Waals surface area contributed by atoms with Gasteiger partial charge in [-0.2, -0.15) is 20.4 Å². The molecule has 1 atom stereocenters. The number of aliphatic hydroxyl groups is 1. The van der Waals surface area contributed by atoms with Gasteiger partial charge in [-0.15, -0.1) is 0 Å². The molecule has 1 aliphatic heterocycles. The van der Waals surface area contributed by atoms with Crippen LogP contribution in [-0.4, -0.2) is 199 Å². The highest BCUT2D eigenvalue weighted by atomic mass is 16.5. The van der Waals surface area contributed by atoms with Crippen LogP contribution >= 0.6 is 0 Å². The van der Waals surface area contributed by atoms with Crippen molar-refractivity contribution >= 4 is 102 Å². The van der Waals surface area contributed by atoms with E-state index in [-0.39, 0.29) is 121 Å². The number of benzene rings is 2. The van der Waals surface area contributed by atoms with Gasteiger partial charge in [-0.3, -0.25) is 61.2 Å². The van der Waals surface area contributed by atoms with E-state index >= 15 is 0 Å². The predicted molar refractivity (Wildman–Crippen MR) is 450 cm³/mol. The average Bonchev–Trinajstić information content (AvgIpc) is 1.59. The third kappa shape index (κ3) is 16.4. The first-order valence-electron chi connectivity index (χ1n) is 39.9. The maximum Gasteiger partial charge on any atom is 0.275 e. The first-order chi connectivity index (χ1) is 58.5. The van der Waals surface area contributed by atoms with Crippen molar-refractivity contribution in [1.29, 1.82) is 0 Å². The van der Waals surface area contributed by atoms with Crippen molar-refractivity contribution < 1.29 is 57.6 Å². The molecule has 6 amide bonds. The number of nitrogens with two attached hydrogens (primary N) is 4. The van der Waals surface area contributed by atoms with Crippen molar-refractivity contribution in [2.75, 3.05) is 70.9 Å². The van der Waals surface area contributed by atoms with Crippen LogP contribution in [-0.2, 0) is 63.3 Å². The summed E-state index contributed by atoms with van der Waals surface area (Å²) in [5.41, 5.74) is 33.1. The van der Waals surface area contributed by atoms with E-state index < -0.39 is 35.4 Å². The molecule has 12 aromatic heterocycles. The van der Waals surface area contributed by atoms with E-state index in [4.69, 9.17) is 81.6 Å². The van der Waals surface area contributed by atoms with Crippen molar-refractivity contribution in [1.82, 2.24) is 91.9 Å². The normalized spacial score (nSPS) is 13.4. The van der Waals surface area contributed by atoms with Gasteiger partial charge < -0.3 is 71.5 Å². The number of primary amides is 4. The molecule has 2 aromatic carbocycles. The minimum absolute atomic E-state index is 0.0732. The van der Waals surface area contributed by atoms with Crippen molar-refractivity contribution in [2.24, 2.45) is 22.9 Å². The minimum Gasteiger partial charge on any atom is -0.495 e. The topological polar surface area (TPSA) is 467 Å². The van der Waals surface area contributed by atoms with E-state index in [1.54, 1.807) is 86.0 Å². The van der Waals surface area contributed by atoms with Gasteiger partial charge in [0, 0.05) is 160 Å². The number of morpholine rings is 1. The Morgan fingerprint density at radius 2 is 0.975 bits per heavy atom. The summed E-state index contributed by atoms with van der Waals surface area (Å²) in [5, 5.41) is 37.2. The van der Waals surface area contributed by atoms with Gasteiger partial charge in [0.1, 0.15) is 56.9 Å². The number of aliphatic hydroxyl groups excluding tert-OH is 1. The van der Waals surface area contributed by atoms with Crippen LogP contribution in [0.25, 0.3) is 78.2 Å². The number of allylic oxidation sites excluding steroid dienone is 4. The molecule has 626 valence electrons. The number of fused-ring (bicyclic) bond motifs is 8. The van der Waals surface area contributed by atoms with E-state index in [2.05, 4.69) is 30.8 Å². The number of hydrogen-bond donors (Lipinski definition) is 7. The number of nitrogens with zero attached hydrogens (tertiary/aromatic N) is 19. The molecule has 1 unspecified atom stereocenters. The summed E-state index contributed by atoms with van der Waals surface area (Å²) < 4.78 is 45.4. The Kier molecular flexibility index (Phi) is 23.5. The van der Waals surface area contributed by atoms with Crippen LogP contribution in [0.2, 0.25) is 0 Å². The number of anilines is 2. The minimum atomic E-state index is -0.737. The summed E-state index contributed by atoms with van der Waals surface area (Å²) >= 11 is 0. The molecule has 15 rings (SSSR count). The van der Waals surface area contributed by atoms with Crippen LogP contribution in [0.3, 0.4) is 0 Å². The lowest BCUT2D eigenvalue weighted by Crippen LogP contribution is -2.44. The zero-order valence-corrected chi connectivity index (χ0v) is 68.4. The van der Waals surface area contributed by atoms with E-state index in [1.807, 2.05) is 96.5 Å². The molecule has 0 aliphatic carbocycles. The number of pyridine rings is 2. The molecule has 14 aromatic rings. The van der Waals surface area contributed by atoms with E-state index in [9.17, 15) is 33.9 Å². The molecule has 121 heavy (non-hydrogen) atoms. The summed E-state index contributed by atoms with van der Waals surface area (Å²) in [4.78, 5) is 112. The Morgan fingerprint density at radius 3 is 1.44 bits per heavy atom. The van der Waals surface area contributed by atoms with Crippen LogP contribution < -0.4 is 52.5 Å². The highest BCUT2D eigenvalue weighted by molar-refractivity contribution is 6.13. The van der Waals surface area contributed by atoms with Gasteiger partial charge in [0.05, 0.1) is 85.3 Å². The highest BCUT2D eigenvalue weighted by Crippen LogP contribution is 2.40. The highest BCUT2D eigenvalue weighted by Gasteiger charge is 2.30. The maximum absolute atomic E-state index is 14.9. The molecule has 0 bridgehead atoms. The first kappa shape index (κ1) is 81.9. The van der Waals surface area contributed by atoms with Gasteiger partial charge in [-0.05, 0) is 116 Å². The number of imidazole rings is 2. The van der Waals surface area contributed by atoms with Crippen LogP contribution in [0.5, 0.6) is 23.3 Å². The standard InChI is InChI=1S/C84H93N25O12/c1-10-104-61(30-46(5)97-104)77-89-43-57-55-33-49(73(85)111)35-65(117-8)71(55)102(81(57)93-77)23-16-14-20-59-79(95-83(115)63-32-48(7)99-106(63)12-3)91-67-37-51(75(87)113)39-69(108(59)67)120-27-18-22-101-25-29-119-54(45-101)41-53-42-64(107(13-4)100-53)84(116)96-80-60(109-68(92-80)38-52(76(88)114)40-70(109)121-28-19-26-110)21-15-17-24-103-72-56(34-50(74(86)112)36-66(72)118-9)58-44-90-78(94-82(58)103)62-31-47(6)98-105(62)11-2/h14-17,30-40,42-44,54,110H,10-13,18-29,41,45H2,1-9H3,(H2,85,111)(H2,86,112)(H2,87,113)(H2,88,114)(H,95,115)(H,96,116)/b16-14+,17-15+. The zero-order chi connectivity index (χ0) is 85.2. The molecular weight excluding hydrogens is 1550 g/mol. The number of carbonyl (C=O) groups excluding carboxylic acids is 6. The monoisotopic (exact) mass is 1640 g/mol. The van der Waals surface area contributed by atoms with Gasteiger partial charge in [0.15, 0.2) is 35.0 Å². The van der Waals surface area contributed by atoms with Gasteiger partial charge in [0.25, 0.3) is 11.8 Å². The third-order valence-corrected chi connectivity index (χ3v) is 21.2. The quantitative estimate of drug-likeness (QED) is 0.0146. The number of aryl methyl sites for hydroxylation is 7. The predicted octanol–water partition coefficient (Wildman–Crippen LogP) is 7.89. The number of carbonyl (C=O) groups is 6. The second-order valence-corrected chi connectivity index (χ2v) is 29.2. The smallest absolute Gasteiger partial charge is 0.275 e. The average molecular weight is 1640 g/mol. The van der Waals surface area contributed by atoms with Gasteiger partial charge in [-0.25, -0.2) is 29.9 Å². The van der Waals surface area contributed by atoms with Crippen LogP contribution in [0.4, 0.5) is 11.6 Å². The van der Waals surface area contributed by atoms with Crippen LogP contribution in [0.1, 0.15) is 137 Å². The van der Waals surface area contributed by atoms with E-state index in [0.29, 0.717) is 161 Å². The van der Waals surface area contributed by atoms with Crippen molar-refractivity contribution in [3.63, 3.8) is 0 Å². The molecular formula is C84H93N25O12. The molecule has 0 radical (unpaired) electrons. The fourth-order valence-corrected chi connectivity index (χ4v) is 15.6.